The Morgan fingerprint density at radius 3 is 2.43 bits per heavy atom. The molecule has 0 spiro atoms. The molecule has 0 heterocycles. The summed E-state index contributed by atoms with van der Waals surface area (Å²) in [4.78, 5) is 0. The van der Waals surface area contributed by atoms with Crippen LogP contribution in [-0.4, -0.2) is 13.2 Å². The van der Waals surface area contributed by atoms with Crippen molar-refractivity contribution in [2.24, 2.45) is 0 Å². The lowest BCUT2D eigenvalue weighted by Gasteiger charge is -2.19. The maximum absolute atomic E-state index is 6.19. The highest BCUT2D eigenvalue weighted by Gasteiger charge is 2.13. The minimum Gasteiger partial charge on any atom is -0.493 e. The Labute approximate surface area is 143 Å². The summed E-state index contributed by atoms with van der Waals surface area (Å²) in [6.45, 7) is 5.57. The van der Waals surface area contributed by atoms with Crippen molar-refractivity contribution in [1.29, 1.82) is 0 Å². The second-order valence-electron chi connectivity index (χ2n) is 5.48. The van der Waals surface area contributed by atoms with Gasteiger partial charge in [-0.05, 0) is 31.0 Å². The van der Waals surface area contributed by atoms with Gasteiger partial charge in [-0.15, -0.1) is 0 Å². The number of methoxy groups -OCH3 is 1. The molecule has 0 amide bonds. The summed E-state index contributed by atoms with van der Waals surface area (Å²) in [5, 5.41) is 4.20. The van der Waals surface area contributed by atoms with Crippen molar-refractivity contribution in [3.63, 3.8) is 0 Å². The van der Waals surface area contributed by atoms with E-state index in [1.807, 2.05) is 36.4 Å². The van der Waals surface area contributed by atoms with Crippen molar-refractivity contribution in [3.05, 3.63) is 58.6 Å². The molecule has 0 saturated heterocycles. The molecular weight excluding hydrogens is 310 g/mol. The third-order valence-electron chi connectivity index (χ3n) is 3.76. The Kier molecular flexibility index (Phi) is 6.75. The predicted octanol–water partition coefficient (Wildman–Crippen LogP) is 4.82. The zero-order valence-electron chi connectivity index (χ0n) is 13.9. The molecule has 0 bridgehead atoms. The highest BCUT2D eigenvalue weighted by atomic mass is 35.5. The quantitative estimate of drug-likeness (QED) is 0.751. The van der Waals surface area contributed by atoms with E-state index >= 15 is 0 Å². The van der Waals surface area contributed by atoms with Crippen molar-refractivity contribution in [2.45, 2.75) is 39.5 Å². The smallest absolute Gasteiger partial charge is 0.166 e. The fourth-order valence-corrected chi connectivity index (χ4v) is 2.46. The highest BCUT2D eigenvalue weighted by molar-refractivity contribution is 6.31. The van der Waals surface area contributed by atoms with Crippen LogP contribution in [0.4, 0.5) is 0 Å². The largest absolute Gasteiger partial charge is 0.493 e. The van der Waals surface area contributed by atoms with Crippen LogP contribution in [0.25, 0.3) is 0 Å². The molecule has 2 aromatic rings. The minimum atomic E-state index is 0.147. The summed E-state index contributed by atoms with van der Waals surface area (Å²) in [5.74, 6) is 1.58. The second-order valence-corrected chi connectivity index (χ2v) is 5.89. The van der Waals surface area contributed by atoms with Crippen LogP contribution >= 0.6 is 11.6 Å². The molecule has 124 valence electrons. The number of rotatable bonds is 8. The van der Waals surface area contributed by atoms with Crippen LogP contribution in [0.1, 0.15) is 31.4 Å². The lowest BCUT2D eigenvalue weighted by Crippen LogP contribution is -2.16. The van der Waals surface area contributed by atoms with Crippen LogP contribution in [-0.2, 0) is 13.1 Å². The van der Waals surface area contributed by atoms with E-state index < -0.39 is 0 Å². The van der Waals surface area contributed by atoms with Gasteiger partial charge in [-0.2, -0.15) is 0 Å². The van der Waals surface area contributed by atoms with Gasteiger partial charge in [0.05, 0.1) is 13.2 Å². The molecule has 2 aromatic carbocycles. The number of benzene rings is 2. The van der Waals surface area contributed by atoms with E-state index in [-0.39, 0.29) is 6.10 Å². The van der Waals surface area contributed by atoms with Crippen LogP contribution in [0.3, 0.4) is 0 Å². The molecule has 0 aliphatic carbocycles. The van der Waals surface area contributed by atoms with Gasteiger partial charge < -0.3 is 14.8 Å². The number of ether oxygens (including phenoxy) is 2. The van der Waals surface area contributed by atoms with Crippen molar-refractivity contribution in [2.75, 3.05) is 7.11 Å². The van der Waals surface area contributed by atoms with Crippen LogP contribution < -0.4 is 14.8 Å². The molecular formula is C19H24ClNO2. The number of hydrogen-bond donors (Lipinski definition) is 1. The van der Waals surface area contributed by atoms with Gasteiger partial charge in [0.15, 0.2) is 11.5 Å². The third-order valence-corrected chi connectivity index (χ3v) is 4.13. The molecule has 0 saturated carbocycles. The minimum absolute atomic E-state index is 0.147. The number of halogens is 1. The Hall–Kier alpha value is -1.71. The fourth-order valence-electron chi connectivity index (χ4n) is 2.25. The molecule has 1 N–H and O–H groups in total. The third kappa shape index (κ3) is 4.88. The molecule has 1 atom stereocenters. The van der Waals surface area contributed by atoms with Crippen molar-refractivity contribution in [3.8, 4) is 11.5 Å². The first-order valence-electron chi connectivity index (χ1n) is 7.92. The molecule has 0 aliphatic rings. The first-order chi connectivity index (χ1) is 11.2. The predicted molar refractivity (Wildman–Crippen MR) is 95.4 cm³/mol. The Bertz CT molecular complexity index is 631. The van der Waals surface area contributed by atoms with E-state index in [1.165, 1.54) is 0 Å². The summed E-state index contributed by atoms with van der Waals surface area (Å²) in [5.41, 5.74) is 2.16. The van der Waals surface area contributed by atoms with Gasteiger partial charge in [0, 0.05) is 23.7 Å². The maximum atomic E-state index is 6.19. The van der Waals surface area contributed by atoms with Gasteiger partial charge in [-0.1, -0.05) is 48.9 Å². The Morgan fingerprint density at radius 1 is 1.04 bits per heavy atom. The van der Waals surface area contributed by atoms with E-state index in [0.717, 1.165) is 34.1 Å². The average molecular weight is 334 g/mol. The average Bonchev–Trinajstić information content (AvgIpc) is 2.57. The normalized spacial score (nSPS) is 12.0. The van der Waals surface area contributed by atoms with Gasteiger partial charge in [0.2, 0.25) is 0 Å². The highest BCUT2D eigenvalue weighted by Crippen LogP contribution is 2.32. The molecule has 0 radical (unpaired) electrons. The zero-order valence-corrected chi connectivity index (χ0v) is 14.7. The van der Waals surface area contributed by atoms with Gasteiger partial charge in [-0.3, -0.25) is 0 Å². The molecule has 4 heteroatoms. The molecule has 0 fully saturated rings. The SMILES string of the molecule is CCC(C)Oc1c(CNCc2ccccc2Cl)cccc1OC. The van der Waals surface area contributed by atoms with E-state index in [0.29, 0.717) is 13.1 Å². The molecule has 2 rings (SSSR count). The summed E-state index contributed by atoms with van der Waals surface area (Å²) in [6, 6.07) is 13.8. The van der Waals surface area contributed by atoms with Crippen molar-refractivity contribution < 1.29 is 9.47 Å². The van der Waals surface area contributed by atoms with E-state index in [1.54, 1.807) is 7.11 Å². The summed E-state index contributed by atoms with van der Waals surface area (Å²) >= 11 is 6.19. The van der Waals surface area contributed by atoms with E-state index in [4.69, 9.17) is 21.1 Å². The lowest BCUT2D eigenvalue weighted by atomic mass is 10.1. The number of para-hydroxylation sites is 1. The second kappa shape index (κ2) is 8.80. The van der Waals surface area contributed by atoms with E-state index in [9.17, 15) is 0 Å². The van der Waals surface area contributed by atoms with Crippen molar-refractivity contribution >= 4 is 11.6 Å². The molecule has 0 aromatic heterocycles. The fraction of sp³-hybridized carbons (Fsp3) is 0.368. The summed E-state index contributed by atoms with van der Waals surface area (Å²) in [6.07, 6.45) is 1.10. The Morgan fingerprint density at radius 2 is 1.74 bits per heavy atom. The van der Waals surface area contributed by atoms with Crippen molar-refractivity contribution in [1.82, 2.24) is 5.32 Å². The maximum Gasteiger partial charge on any atom is 0.166 e. The van der Waals surface area contributed by atoms with Crippen LogP contribution in [0, 0.1) is 0 Å². The van der Waals surface area contributed by atoms with Gasteiger partial charge in [-0.25, -0.2) is 0 Å². The van der Waals surface area contributed by atoms with Gasteiger partial charge in [0.25, 0.3) is 0 Å². The monoisotopic (exact) mass is 333 g/mol. The van der Waals surface area contributed by atoms with Gasteiger partial charge >= 0.3 is 0 Å². The van der Waals surface area contributed by atoms with Crippen LogP contribution in [0.2, 0.25) is 5.02 Å². The molecule has 23 heavy (non-hydrogen) atoms. The number of hydrogen-bond acceptors (Lipinski definition) is 3. The van der Waals surface area contributed by atoms with Crippen LogP contribution in [0.15, 0.2) is 42.5 Å². The first-order valence-corrected chi connectivity index (χ1v) is 8.30. The molecule has 3 nitrogen and oxygen atoms in total. The first kappa shape index (κ1) is 17.6. The standard InChI is InChI=1S/C19H24ClNO2/c1-4-14(2)23-19-16(9-7-11-18(19)22-3)13-21-12-15-8-5-6-10-17(15)20/h5-11,14,21H,4,12-13H2,1-3H3. The molecule has 1 unspecified atom stereocenters. The topological polar surface area (TPSA) is 30.5 Å². The summed E-state index contributed by atoms with van der Waals surface area (Å²) in [7, 11) is 1.67. The number of nitrogens with one attached hydrogen (secondary N) is 1. The Balaban J connectivity index is 2.08. The summed E-state index contributed by atoms with van der Waals surface area (Å²) < 4.78 is 11.5. The molecule has 0 aliphatic heterocycles. The zero-order chi connectivity index (χ0) is 16.7. The van der Waals surface area contributed by atoms with Gasteiger partial charge in [0.1, 0.15) is 0 Å². The van der Waals surface area contributed by atoms with Crippen LogP contribution in [0.5, 0.6) is 11.5 Å². The lowest BCUT2D eigenvalue weighted by molar-refractivity contribution is 0.205. The van der Waals surface area contributed by atoms with E-state index in [2.05, 4.69) is 25.2 Å².